The van der Waals surface area contributed by atoms with Gasteiger partial charge in [-0.15, -0.1) is 0 Å². The molecule has 2 saturated heterocycles. The summed E-state index contributed by atoms with van der Waals surface area (Å²) in [5, 5.41) is 3.10. The van der Waals surface area contributed by atoms with E-state index in [9.17, 15) is 4.79 Å². The molecule has 1 amide bonds. The Morgan fingerprint density at radius 3 is 2.38 bits per heavy atom. The van der Waals surface area contributed by atoms with Crippen molar-refractivity contribution in [1.29, 1.82) is 0 Å². The lowest BCUT2D eigenvalue weighted by atomic mass is 10.1. The summed E-state index contributed by atoms with van der Waals surface area (Å²) in [6.45, 7) is 6.58. The fourth-order valence-electron chi connectivity index (χ4n) is 5.32. The summed E-state index contributed by atoms with van der Waals surface area (Å²) >= 11 is 0. The minimum absolute atomic E-state index is 0.0587. The van der Waals surface area contributed by atoms with Gasteiger partial charge in [-0.3, -0.25) is 14.6 Å². The zero-order valence-corrected chi connectivity index (χ0v) is 20.1. The Kier molecular flexibility index (Phi) is 6.97. The largest absolute Gasteiger partial charge is 0.369 e. The van der Waals surface area contributed by atoms with Gasteiger partial charge in [0.05, 0.1) is 12.6 Å². The second-order valence-corrected chi connectivity index (χ2v) is 9.52. The monoisotopic (exact) mass is 457 g/mol. The van der Waals surface area contributed by atoms with Gasteiger partial charge in [0, 0.05) is 63.0 Å². The van der Waals surface area contributed by atoms with Crippen LogP contribution >= 0.6 is 0 Å². The number of likely N-dealkylation sites (tertiary alicyclic amines) is 1. The molecule has 1 aromatic heterocycles. The summed E-state index contributed by atoms with van der Waals surface area (Å²) < 4.78 is 2.17. The van der Waals surface area contributed by atoms with Gasteiger partial charge >= 0.3 is 0 Å². The quantitative estimate of drug-likeness (QED) is 0.580. The fraction of sp³-hybridized carbons (Fsp3) is 0.393. The number of carbonyl (C=O) groups is 1. The normalized spacial score (nSPS) is 19.4. The van der Waals surface area contributed by atoms with E-state index in [-0.39, 0.29) is 5.91 Å². The van der Waals surface area contributed by atoms with Gasteiger partial charge < -0.3 is 14.8 Å². The van der Waals surface area contributed by atoms with Crippen LogP contribution in [0.5, 0.6) is 0 Å². The highest BCUT2D eigenvalue weighted by Gasteiger charge is 2.29. The molecule has 2 fully saturated rings. The molecule has 2 aliphatic rings. The third-order valence-corrected chi connectivity index (χ3v) is 7.17. The first kappa shape index (κ1) is 22.7. The van der Waals surface area contributed by atoms with Crippen molar-refractivity contribution in [2.24, 2.45) is 7.05 Å². The molecule has 6 heteroatoms. The fourth-order valence-corrected chi connectivity index (χ4v) is 5.32. The molecule has 3 aromatic rings. The van der Waals surface area contributed by atoms with Crippen molar-refractivity contribution in [1.82, 2.24) is 14.4 Å². The summed E-state index contributed by atoms with van der Waals surface area (Å²) in [4.78, 5) is 20.0. The molecule has 0 unspecified atom stereocenters. The van der Waals surface area contributed by atoms with Crippen molar-refractivity contribution in [3.05, 3.63) is 84.2 Å². The number of anilines is 2. The highest BCUT2D eigenvalue weighted by Crippen LogP contribution is 2.31. The molecule has 34 heavy (non-hydrogen) atoms. The van der Waals surface area contributed by atoms with Crippen molar-refractivity contribution in [3.63, 3.8) is 0 Å². The van der Waals surface area contributed by atoms with Gasteiger partial charge in [0.25, 0.3) is 0 Å². The zero-order valence-electron chi connectivity index (χ0n) is 20.1. The SMILES string of the molecule is Cn1cccc1[C@@H]1CCCN1CC(=O)Nc1ccc(N2CCN(Cc3ccccc3)CC2)cc1. The zero-order chi connectivity index (χ0) is 23.3. The number of benzene rings is 2. The van der Waals surface area contributed by atoms with Crippen LogP contribution < -0.4 is 10.2 Å². The Morgan fingerprint density at radius 1 is 0.912 bits per heavy atom. The average molecular weight is 458 g/mol. The van der Waals surface area contributed by atoms with Gasteiger partial charge in [-0.1, -0.05) is 30.3 Å². The first-order valence-electron chi connectivity index (χ1n) is 12.4. The molecule has 5 rings (SSSR count). The van der Waals surface area contributed by atoms with E-state index in [0.29, 0.717) is 12.6 Å². The van der Waals surface area contributed by atoms with E-state index in [1.165, 1.54) is 16.9 Å². The maximum Gasteiger partial charge on any atom is 0.238 e. The minimum Gasteiger partial charge on any atom is -0.369 e. The number of amides is 1. The Bertz CT molecular complexity index is 1070. The second kappa shape index (κ2) is 10.5. The van der Waals surface area contributed by atoms with Crippen LogP contribution in [0.25, 0.3) is 0 Å². The van der Waals surface area contributed by atoms with Crippen LogP contribution in [0.2, 0.25) is 0 Å². The van der Waals surface area contributed by atoms with Crippen molar-refractivity contribution in [2.75, 3.05) is 49.5 Å². The van der Waals surface area contributed by atoms with Gasteiger partial charge in [-0.25, -0.2) is 0 Å². The molecule has 2 aromatic carbocycles. The number of piperazine rings is 1. The average Bonchev–Trinajstić information content (AvgIpc) is 3.49. The molecular weight excluding hydrogens is 422 g/mol. The van der Waals surface area contributed by atoms with E-state index in [1.807, 2.05) is 12.1 Å². The third-order valence-electron chi connectivity index (χ3n) is 7.17. The topological polar surface area (TPSA) is 43.8 Å². The summed E-state index contributed by atoms with van der Waals surface area (Å²) in [6, 6.07) is 23.6. The lowest BCUT2D eigenvalue weighted by Crippen LogP contribution is -2.45. The van der Waals surface area contributed by atoms with Crippen molar-refractivity contribution < 1.29 is 4.79 Å². The predicted octanol–water partition coefficient (Wildman–Crippen LogP) is 4.12. The molecule has 2 aliphatic heterocycles. The number of rotatable bonds is 7. The highest BCUT2D eigenvalue weighted by atomic mass is 16.2. The van der Waals surface area contributed by atoms with Gasteiger partial charge in [0.15, 0.2) is 0 Å². The van der Waals surface area contributed by atoms with E-state index < -0.39 is 0 Å². The molecule has 1 N–H and O–H groups in total. The molecule has 1 atom stereocenters. The molecule has 0 saturated carbocycles. The van der Waals surface area contributed by atoms with Gasteiger partial charge in [-0.05, 0) is 61.3 Å². The van der Waals surface area contributed by atoms with E-state index in [1.54, 1.807) is 0 Å². The van der Waals surface area contributed by atoms with E-state index in [2.05, 4.69) is 92.4 Å². The molecule has 0 bridgehead atoms. The molecule has 0 radical (unpaired) electrons. The number of aryl methyl sites for hydroxylation is 1. The second-order valence-electron chi connectivity index (χ2n) is 9.52. The van der Waals surface area contributed by atoms with Crippen molar-refractivity contribution in [2.45, 2.75) is 25.4 Å². The minimum atomic E-state index is 0.0587. The number of aromatic nitrogens is 1. The van der Waals surface area contributed by atoms with E-state index >= 15 is 0 Å². The lowest BCUT2D eigenvalue weighted by molar-refractivity contribution is -0.117. The number of nitrogens with zero attached hydrogens (tertiary/aromatic N) is 4. The molecule has 3 heterocycles. The van der Waals surface area contributed by atoms with Crippen LogP contribution in [0.1, 0.15) is 30.1 Å². The Hall–Kier alpha value is -3.09. The standard InChI is InChI=1S/C28H35N5O/c1-30-15-5-9-26(30)27-10-6-16-33(27)22-28(34)29-24-11-13-25(14-12-24)32-19-17-31(18-20-32)21-23-7-3-2-4-8-23/h2-5,7-9,11-15,27H,6,10,16-22H2,1H3,(H,29,34)/t27-/m0/s1. The molecule has 0 aliphatic carbocycles. The van der Waals surface area contributed by atoms with E-state index in [4.69, 9.17) is 0 Å². The first-order chi connectivity index (χ1) is 16.7. The Balaban J connectivity index is 1.11. The lowest BCUT2D eigenvalue weighted by Gasteiger charge is -2.36. The number of carbonyl (C=O) groups excluding carboxylic acids is 1. The van der Waals surface area contributed by atoms with Crippen LogP contribution in [-0.2, 0) is 18.4 Å². The summed E-state index contributed by atoms with van der Waals surface area (Å²) in [5.74, 6) is 0.0587. The Labute approximate surface area is 202 Å². The van der Waals surface area contributed by atoms with Crippen molar-refractivity contribution in [3.8, 4) is 0 Å². The highest BCUT2D eigenvalue weighted by molar-refractivity contribution is 5.92. The van der Waals surface area contributed by atoms with Gasteiger partial charge in [0.1, 0.15) is 0 Å². The maximum atomic E-state index is 12.8. The van der Waals surface area contributed by atoms with Crippen LogP contribution in [-0.4, -0.2) is 59.5 Å². The van der Waals surface area contributed by atoms with Crippen LogP contribution in [0.4, 0.5) is 11.4 Å². The van der Waals surface area contributed by atoms with Gasteiger partial charge in [0.2, 0.25) is 5.91 Å². The maximum absolute atomic E-state index is 12.8. The molecule has 6 nitrogen and oxygen atoms in total. The summed E-state index contributed by atoms with van der Waals surface area (Å²) in [7, 11) is 2.08. The first-order valence-corrected chi connectivity index (χ1v) is 12.4. The molecule has 178 valence electrons. The predicted molar refractivity (Wildman–Crippen MR) is 138 cm³/mol. The summed E-state index contributed by atoms with van der Waals surface area (Å²) in [5.41, 5.74) is 4.75. The van der Waals surface area contributed by atoms with Gasteiger partial charge in [-0.2, -0.15) is 0 Å². The number of nitrogens with one attached hydrogen (secondary N) is 1. The molecular formula is C28H35N5O. The van der Waals surface area contributed by atoms with Crippen LogP contribution in [0.15, 0.2) is 72.9 Å². The smallest absolute Gasteiger partial charge is 0.238 e. The van der Waals surface area contributed by atoms with Crippen LogP contribution in [0, 0.1) is 0 Å². The van der Waals surface area contributed by atoms with Crippen molar-refractivity contribution >= 4 is 17.3 Å². The van der Waals surface area contributed by atoms with Crippen LogP contribution in [0.3, 0.4) is 0 Å². The number of hydrogen-bond donors (Lipinski definition) is 1. The number of hydrogen-bond acceptors (Lipinski definition) is 4. The third kappa shape index (κ3) is 5.34. The molecule has 0 spiro atoms. The van der Waals surface area contributed by atoms with E-state index in [0.717, 1.165) is 57.8 Å². The Morgan fingerprint density at radius 2 is 1.68 bits per heavy atom. The summed E-state index contributed by atoms with van der Waals surface area (Å²) in [6.07, 6.45) is 4.32.